The van der Waals surface area contributed by atoms with E-state index in [9.17, 15) is 4.79 Å². The molecule has 0 unspecified atom stereocenters. The molecule has 7 nitrogen and oxygen atoms in total. The van der Waals surface area contributed by atoms with Crippen LogP contribution in [0.4, 0.5) is 4.39 Å². The van der Waals surface area contributed by atoms with Gasteiger partial charge in [-0.15, -0.1) is 0 Å². The lowest BCUT2D eigenvalue weighted by Gasteiger charge is -2.30. The average molecular weight is 462 g/mol. The predicted molar refractivity (Wildman–Crippen MR) is 118 cm³/mol. The second-order valence-electron chi connectivity index (χ2n) is 8.69. The van der Waals surface area contributed by atoms with Gasteiger partial charge >= 0.3 is 0 Å². The molecule has 0 bridgehead atoms. The molecule has 4 rings (SSSR count). The molecular formula is C23H28FN3O4S. The van der Waals surface area contributed by atoms with Crippen molar-refractivity contribution in [1.82, 2.24) is 10.3 Å². The Labute approximate surface area is 190 Å². The highest BCUT2D eigenvalue weighted by Gasteiger charge is 2.32. The Morgan fingerprint density at radius 2 is 1.97 bits per heavy atom. The number of aromatic nitrogens is 1. The van der Waals surface area contributed by atoms with Gasteiger partial charge in [0.25, 0.3) is 5.19 Å². The van der Waals surface area contributed by atoms with Crippen LogP contribution in [0, 0.1) is 23.1 Å². The van der Waals surface area contributed by atoms with Crippen molar-refractivity contribution >= 4 is 27.5 Å². The standard InChI is InChI=1S/C23H28FN3O4S/c1-13(26-14(2)28)12-29-16-3-5-17(6-4-16)30-20-8-7-19-22(21(20)24)32-23(27-19)31-18-9-15(10-18)11-25/h7-8,13,15-18H,3-6,9-10,12H2,1-2H3,(H,26,28)/t13-,15-,16-,17-,18+/m0/s1. The number of ether oxygens (including phenoxy) is 3. The molecule has 0 aliphatic heterocycles. The van der Waals surface area contributed by atoms with Gasteiger partial charge in [-0.2, -0.15) is 5.26 Å². The Kier molecular flexibility index (Phi) is 7.11. The summed E-state index contributed by atoms with van der Waals surface area (Å²) in [5.41, 5.74) is 0.552. The van der Waals surface area contributed by atoms with Crippen LogP contribution >= 0.6 is 11.3 Å². The first-order chi connectivity index (χ1) is 15.4. The van der Waals surface area contributed by atoms with Gasteiger partial charge < -0.3 is 19.5 Å². The van der Waals surface area contributed by atoms with Gasteiger partial charge in [-0.3, -0.25) is 4.79 Å². The number of nitrogens with zero attached hydrogens (tertiary/aromatic N) is 2. The molecule has 2 aliphatic carbocycles. The van der Waals surface area contributed by atoms with E-state index in [1.54, 1.807) is 12.1 Å². The normalized spacial score (nSPS) is 26.1. The number of fused-ring (bicyclic) bond motifs is 1. The van der Waals surface area contributed by atoms with Crippen molar-refractivity contribution in [2.75, 3.05) is 6.61 Å². The second kappa shape index (κ2) is 10.0. The number of amides is 1. The van der Waals surface area contributed by atoms with Crippen molar-refractivity contribution in [2.45, 2.75) is 76.7 Å². The third-order valence-corrected chi connectivity index (χ3v) is 6.89. The first kappa shape index (κ1) is 22.7. The molecular weight excluding hydrogens is 433 g/mol. The van der Waals surface area contributed by atoms with Crippen molar-refractivity contribution in [3.05, 3.63) is 17.9 Å². The van der Waals surface area contributed by atoms with Gasteiger partial charge in [0, 0.05) is 25.8 Å². The molecule has 0 saturated heterocycles. The summed E-state index contributed by atoms with van der Waals surface area (Å²) >= 11 is 1.18. The van der Waals surface area contributed by atoms with E-state index in [-0.39, 0.29) is 41.9 Å². The largest absolute Gasteiger partial charge is 0.487 e. The fraction of sp³-hybridized carbons (Fsp3) is 0.609. The van der Waals surface area contributed by atoms with Gasteiger partial charge in [-0.1, -0.05) is 11.3 Å². The smallest absolute Gasteiger partial charge is 0.274 e. The summed E-state index contributed by atoms with van der Waals surface area (Å²) in [5, 5.41) is 12.1. The Balaban J connectivity index is 1.28. The molecule has 32 heavy (non-hydrogen) atoms. The van der Waals surface area contributed by atoms with Crippen LogP contribution in [0.3, 0.4) is 0 Å². The van der Waals surface area contributed by atoms with Crippen LogP contribution in [0.1, 0.15) is 52.4 Å². The molecule has 172 valence electrons. The number of rotatable bonds is 8. The van der Waals surface area contributed by atoms with E-state index < -0.39 is 5.82 Å². The van der Waals surface area contributed by atoms with Gasteiger partial charge in [0.2, 0.25) is 5.91 Å². The number of hydrogen-bond acceptors (Lipinski definition) is 7. The number of thiazole rings is 1. The molecule has 1 N–H and O–H groups in total. The van der Waals surface area contributed by atoms with Crippen molar-refractivity contribution in [1.29, 1.82) is 5.26 Å². The van der Waals surface area contributed by atoms with Crippen molar-refractivity contribution in [3.8, 4) is 17.0 Å². The van der Waals surface area contributed by atoms with E-state index in [0.29, 0.717) is 34.9 Å². The molecule has 0 spiro atoms. The molecule has 1 aromatic carbocycles. The number of nitrogens with one attached hydrogen (secondary N) is 1. The first-order valence-corrected chi connectivity index (χ1v) is 11.9. The number of halogens is 1. The maximum Gasteiger partial charge on any atom is 0.274 e. The predicted octanol–water partition coefficient (Wildman–Crippen LogP) is 4.35. The highest BCUT2D eigenvalue weighted by atomic mass is 32.1. The monoisotopic (exact) mass is 461 g/mol. The lowest BCUT2D eigenvalue weighted by atomic mass is 9.84. The molecule has 2 aromatic rings. The SMILES string of the molecule is CC(=O)N[C@@H](C)CO[C@H]1CC[C@H](Oc2ccc3nc(O[C@H]4C[C@@H](C#N)C4)sc3c2F)CC1. The minimum atomic E-state index is -0.402. The summed E-state index contributed by atoms with van der Waals surface area (Å²) in [6.45, 7) is 3.89. The molecule has 1 atom stereocenters. The van der Waals surface area contributed by atoms with E-state index in [1.807, 2.05) is 6.92 Å². The van der Waals surface area contributed by atoms with Crippen LogP contribution in [0.25, 0.3) is 10.2 Å². The van der Waals surface area contributed by atoms with Crippen LogP contribution in [0.2, 0.25) is 0 Å². The maximum absolute atomic E-state index is 15.1. The molecule has 1 aromatic heterocycles. The van der Waals surface area contributed by atoms with Crippen molar-refractivity contribution in [2.24, 2.45) is 5.92 Å². The second-order valence-corrected chi connectivity index (χ2v) is 9.66. The van der Waals surface area contributed by atoms with Crippen molar-refractivity contribution < 1.29 is 23.4 Å². The fourth-order valence-electron chi connectivity index (χ4n) is 4.14. The van der Waals surface area contributed by atoms with Crippen LogP contribution < -0.4 is 14.8 Å². The zero-order chi connectivity index (χ0) is 22.7. The molecule has 9 heteroatoms. The van der Waals surface area contributed by atoms with Gasteiger partial charge in [-0.25, -0.2) is 9.37 Å². The van der Waals surface area contributed by atoms with E-state index >= 15 is 4.39 Å². The highest BCUT2D eigenvalue weighted by molar-refractivity contribution is 7.20. The summed E-state index contributed by atoms with van der Waals surface area (Å²) in [5.74, 6) is -0.176. The molecule has 1 heterocycles. The maximum atomic E-state index is 15.1. The summed E-state index contributed by atoms with van der Waals surface area (Å²) < 4.78 is 33.2. The summed E-state index contributed by atoms with van der Waals surface area (Å²) in [4.78, 5) is 15.5. The number of carbonyl (C=O) groups excluding carboxylic acids is 1. The van der Waals surface area contributed by atoms with Crippen molar-refractivity contribution in [3.63, 3.8) is 0 Å². The van der Waals surface area contributed by atoms with Gasteiger partial charge in [0.05, 0.1) is 41.0 Å². The van der Waals surface area contributed by atoms with Gasteiger partial charge in [-0.05, 0) is 44.7 Å². The van der Waals surface area contributed by atoms with Crippen LogP contribution in [-0.4, -0.2) is 41.9 Å². The number of carbonyl (C=O) groups is 1. The number of nitriles is 1. The van der Waals surface area contributed by atoms with Crippen LogP contribution in [-0.2, 0) is 9.53 Å². The molecule has 1 amide bonds. The molecule has 2 saturated carbocycles. The lowest BCUT2D eigenvalue weighted by molar-refractivity contribution is -0.120. The minimum absolute atomic E-state index is 0.0161. The van der Waals surface area contributed by atoms with E-state index in [0.717, 1.165) is 25.7 Å². The molecule has 0 radical (unpaired) electrons. The Bertz CT molecular complexity index is 993. The molecule has 2 fully saturated rings. The van der Waals surface area contributed by atoms with E-state index in [1.165, 1.54) is 18.3 Å². The third-order valence-electron chi connectivity index (χ3n) is 5.93. The summed E-state index contributed by atoms with van der Waals surface area (Å²) in [7, 11) is 0. The van der Waals surface area contributed by atoms with Gasteiger partial charge in [0.1, 0.15) is 6.10 Å². The van der Waals surface area contributed by atoms with Gasteiger partial charge in [0.15, 0.2) is 11.6 Å². The minimum Gasteiger partial charge on any atom is -0.487 e. The van der Waals surface area contributed by atoms with Crippen LogP contribution in [0.5, 0.6) is 10.9 Å². The van der Waals surface area contributed by atoms with E-state index in [4.69, 9.17) is 19.5 Å². The fourth-order valence-corrected chi connectivity index (χ4v) is 5.05. The zero-order valence-corrected chi connectivity index (χ0v) is 19.1. The number of benzene rings is 1. The first-order valence-electron chi connectivity index (χ1n) is 11.1. The summed E-state index contributed by atoms with van der Waals surface area (Å²) in [6, 6.07) is 5.59. The number of hydrogen-bond donors (Lipinski definition) is 1. The third kappa shape index (κ3) is 5.48. The topological polar surface area (TPSA) is 93.5 Å². The zero-order valence-electron chi connectivity index (χ0n) is 18.3. The average Bonchev–Trinajstić information content (AvgIpc) is 3.15. The quantitative estimate of drug-likeness (QED) is 0.628. The Hall–Kier alpha value is -2.44. The Morgan fingerprint density at radius 1 is 1.25 bits per heavy atom. The highest BCUT2D eigenvalue weighted by Crippen LogP contribution is 2.38. The molecule has 2 aliphatic rings. The summed E-state index contributed by atoms with van der Waals surface area (Å²) in [6.07, 6.45) is 4.70. The Morgan fingerprint density at radius 3 is 2.66 bits per heavy atom. The van der Waals surface area contributed by atoms with E-state index in [2.05, 4.69) is 16.4 Å². The lowest BCUT2D eigenvalue weighted by Crippen LogP contribution is -2.36. The van der Waals surface area contributed by atoms with Crippen LogP contribution in [0.15, 0.2) is 12.1 Å².